The van der Waals surface area contributed by atoms with Crippen LogP contribution in [0.2, 0.25) is 0 Å². The standard InChI is InChI=1S/C21H28N2O3S2/c1-15(2)17-9-11-19(12-10-17)23-21(24)18-7-5-16(6-8-18)14-22-28(25,26)20-4-3-13-27-20/h3-4,9-13,15-16,18,22H,5-8,14H2,1-2H3,(H,23,24). The van der Waals surface area contributed by atoms with Gasteiger partial charge in [-0.1, -0.05) is 32.0 Å². The van der Waals surface area contributed by atoms with Crippen molar-refractivity contribution in [3.63, 3.8) is 0 Å². The lowest BCUT2D eigenvalue weighted by Gasteiger charge is -2.27. The predicted molar refractivity (Wildman–Crippen MR) is 114 cm³/mol. The Labute approximate surface area is 171 Å². The van der Waals surface area contributed by atoms with E-state index in [9.17, 15) is 13.2 Å². The van der Waals surface area contributed by atoms with E-state index in [0.717, 1.165) is 31.4 Å². The molecule has 0 atom stereocenters. The largest absolute Gasteiger partial charge is 0.326 e. The lowest BCUT2D eigenvalue weighted by Crippen LogP contribution is -2.33. The smallest absolute Gasteiger partial charge is 0.250 e. The summed E-state index contributed by atoms with van der Waals surface area (Å²) in [6, 6.07) is 11.4. The summed E-state index contributed by atoms with van der Waals surface area (Å²) in [4.78, 5) is 12.5. The molecule has 1 heterocycles. The van der Waals surface area contributed by atoms with Gasteiger partial charge in [-0.15, -0.1) is 11.3 Å². The van der Waals surface area contributed by atoms with Gasteiger partial charge in [-0.05, 0) is 66.7 Å². The Kier molecular flexibility index (Phi) is 6.91. The number of nitrogens with one attached hydrogen (secondary N) is 2. The van der Waals surface area contributed by atoms with Crippen LogP contribution < -0.4 is 10.0 Å². The molecule has 1 aliphatic carbocycles. The highest BCUT2D eigenvalue weighted by molar-refractivity contribution is 7.91. The fourth-order valence-corrected chi connectivity index (χ4v) is 5.69. The molecule has 1 aliphatic rings. The number of sulfonamides is 1. The van der Waals surface area contributed by atoms with Gasteiger partial charge in [0.1, 0.15) is 4.21 Å². The third kappa shape index (κ3) is 5.43. The second-order valence-electron chi connectivity index (χ2n) is 7.77. The third-order valence-electron chi connectivity index (χ3n) is 5.38. The molecule has 1 aromatic heterocycles. The molecule has 5 nitrogen and oxygen atoms in total. The Morgan fingerprint density at radius 2 is 1.79 bits per heavy atom. The van der Waals surface area contributed by atoms with Crippen LogP contribution in [0, 0.1) is 11.8 Å². The second-order valence-corrected chi connectivity index (χ2v) is 10.7. The molecule has 1 amide bonds. The summed E-state index contributed by atoms with van der Waals surface area (Å²) in [6.07, 6.45) is 3.30. The van der Waals surface area contributed by atoms with Crippen molar-refractivity contribution in [2.24, 2.45) is 11.8 Å². The maximum absolute atomic E-state index is 12.5. The van der Waals surface area contributed by atoms with Gasteiger partial charge in [-0.25, -0.2) is 13.1 Å². The maximum Gasteiger partial charge on any atom is 0.250 e. The molecule has 0 radical (unpaired) electrons. The summed E-state index contributed by atoms with van der Waals surface area (Å²) < 4.78 is 27.5. The number of carbonyl (C=O) groups is 1. The highest BCUT2D eigenvalue weighted by Gasteiger charge is 2.27. The highest BCUT2D eigenvalue weighted by Crippen LogP contribution is 2.30. The molecule has 28 heavy (non-hydrogen) atoms. The SMILES string of the molecule is CC(C)c1ccc(NC(=O)C2CCC(CNS(=O)(=O)c3cccs3)CC2)cc1. The average Bonchev–Trinajstić information content (AvgIpc) is 3.23. The van der Waals surface area contributed by atoms with E-state index in [4.69, 9.17) is 0 Å². The molecule has 0 bridgehead atoms. The van der Waals surface area contributed by atoms with Crippen molar-refractivity contribution in [2.75, 3.05) is 11.9 Å². The predicted octanol–water partition coefficient (Wildman–Crippen LogP) is 4.59. The topological polar surface area (TPSA) is 75.3 Å². The van der Waals surface area contributed by atoms with Crippen LogP contribution in [0.15, 0.2) is 46.0 Å². The first-order chi connectivity index (χ1) is 13.3. The van der Waals surface area contributed by atoms with Gasteiger partial charge in [-0.2, -0.15) is 0 Å². The molecule has 152 valence electrons. The Bertz CT molecular complexity index is 867. The number of rotatable bonds is 7. The minimum absolute atomic E-state index is 0.00470. The molecule has 1 aromatic carbocycles. The first-order valence-corrected chi connectivity index (χ1v) is 12.2. The van der Waals surface area contributed by atoms with E-state index in [-0.39, 0.29) is 17.7 Å². The lowest BCUT2D eigenvalue weighted by atomic mass is 9.81. The van der Waals surface area contributed by atoms with E-state index < -0.39 is 10.0 Å². The van der Waals surface area contributed by atoms with Crippen molar-refractivity contribution in [2.45, 2.75) is 49.7 Å². The molecule has 0 spiro atoms. The second kappa shape index (κ2) is 9.20. The van der Waals surface area contributed by atoms with E-state index in [2.05, 4.69) is 36.0 Å². The Morgan fingerprint density at radius 3 is 2.36 bits per heavy atom. The van der Waals surface area contributed by atoms with Crippen molar-refractivity contribution in [3.8, 4) is 0 Å². The van der Waals surface area contributed by atoms with E-state index in [1.807, 2.05) is 12.1 Å². The fourth-order valence-electron chi connectivity index (χ4n) is 3.54. The Balaban J connectivity index is 1.45. The molecular formula is C21H28N2O3S2. The van der Waals surface area contributed by atoms with Gasteiger partial charge in [-0.3, -0.25) is 4.79 Å². The summed E-state index contributed by atoms with van der Waals surface area (Å²) >= 11 is 1.22. The van der Waals surface area contributed by atoms with Crippen LogP contribution >= 0.6 is 11.3 Å². The van der Waals surface area contributed by atoms with Gasteiger partial charge in [0.15, 0.2) is 0 Å². The average molecular weight is 421 g/mol. The maximum atomic E-state index is 12.5. The van der Waals surface area contributed by atoms with Crippen LogP contribution in [0.1, 0.15) is 51.0 Å². The Morgan fingerprint density at radius 1 is 1.11 bits per heavy atom. The molecule has 3 rings (SSSR count). The van der Waals surface area contributed by atoms with Crippen molar-refractivity contribution < 1.29 is 13.2 Å². The summed E-state index contributed by atoms with van der Waals surface area (Å²) in [6.45, 7) is 4.73. The first-order valence-electron chi connectivity index (χ1n) is 9.79. The molecular weight excluding hydrogens is 392 g/mol. The fraction of sp³-hybridized carbons (Fsp3) is 0.476. The Hall–Kier alpha value is -1.70. The van der Waals surface area contributed by atoms with Crippen LogP contribution in [0.3, 0.4) is 0 Å². The van der Waals surface area contributed by atoms with Crippen LogP contribution in [0.4, 0.5) is 5.69 Å². The number of anilines is 1. The zero-order chi connectivity index (χ0) is 20.1. The molecule has 1 saturated carbocycles. The minimum atomic E-state index is -3.41. The molecule has 2 N–H and O–H groups in total. The zero-order valence-electron chi connectivity index (χ0n) is 16.4. The van der Waals surface area contributed by atoms with E-state index >= 15 is 0 Å². The van der Waals surface area contributed by atoms with Crippen LogP contribution in [0.5, 0.6) is 0 Å². The van der Waals surface area contributed by atoms with Crippen molar-refractivity contribution >= 4 is 33.0 Å². The molecule has 7 heteroatoms. The number of benzene rings is 1. The highest BCUT2D eigenvalue weighted by atomic mass is 32.2. The minimum Gasteiger partial charge on any atom is -0.326 e. The summed E-state index contributed by atoms with van der Waals surface area (Å²) in [7, 11) is -3.41. The van der Waals surface area contributed by atoms with E-state index in [0.29, 0.717) is 16.7 Å². The number of amides is 1. The number of hydrogen-bond donors (Lipinski definition) is 2. The molecule has 0 unspecified atom stereocenters. The monoisotopic (exact) mass is 420 g/mol. The molecule has 1 fully saturated rings. The van der Waals surface area contributed by atoms with E-state index in [1.165, 1.54) is 16.9 Å². The van der Waals surface area contributed by atoms with Crippen LogP contribution in [0.25, 0.3) is 0 Å². The molecule has 0 aliphatic heterocycles. The summed E-state index contributed by atoms with van der Waals surface area (Å²) in [5.41, 5.74) is 2.09. The first kappa shape index (κ1) is 21.0. The normalized spacial score (nSPS) is 20.2. The van der Waals surface area contributed by atoms with Gasteiger partial charge < -0.3 is 5.32 Å². The quantitative estimate of drug-likeness (QED) is 0.688. The van der Waals surface area contributed by atoms with Crippen molar-refractivity contribution in [1.82, 2.24) is 4.72 Å². The molecule has 0 saturated heterocycles. The van der Waals surface area contributed by atoms with Crippen molar-refractivity contribution in [3.05, 3.63) is 47.3 Å². The lowest BCUT2D eigenvalue weighted by molar-refractivity contribution is -0.121. The summed E-state index contributed by atoms with van der Waals surface area (Å²) in [5, 5.41) is 4.78. The van der Waals surface area contributed by atoms with E-state index in [1.54, 1.807) is 17.5 Å². The third-order valence-corrected chi connectivity index (χ3v) is 8.21. The van der Waals surface area contributed by atoms with Gasteiger partial charge in [0.05, 0.1) is 0 Å². The zero-order valence-corrected chi connectivity index (χ0v) is 18.0. The van der Waals surface area contributed by atoms with Crippen LogP contribution in [-0.2, 0) is 14.8 Å². The molecule has 2 aromatic rings. The van der Waals surface area contributed by atoms with Crippen molar-refractivity contribution in [1.29, 1.82) is 0 Å². The van der Waals surface area contributed by atoms with Gasteiger partial charge in [0.2, 0.25) is 15.9 Å². The van der Waals surface area contributed by atoms with Crippen LogP contribution in [-0.4, -0.2) is 20.9 Å². The van der Waals surface area contributed by atoms with Gasteiger partial charge in [0, 0.05) is 18.2 Å². The number of carbonyl (C=O) groups excluding carboxylic acids is 1. The number of hydrogen-bond acceptors (Lipinski definition) is 4. The van der Waals surface area contributed by atoms with Gasteiger partial charge >= 0.3 is 0 Å². The van der Waals surface area contributed by atoms with Gasteiger partial charge in [0.25, 0.3) is 0 Å². The summed E-state index contributed by atoms with van der Waals surface area (Å²) in [5.74, 6) is 0.811. The number of thiophene rings is 1.